The molecular weight excluding hydrogens is 347 g/mol. The summed E-state index contributed by atoms with van der Waals surface area (Å²) in [4.78, 5) is 0. The van der Waals surface area contributed by atoms with Gasteiger partial charge < -0.3 is 4.74 Å². The highest BCUT2D eigenvalue weighted by atomic mass is 35.5. The predicted molar refractivity (Wildman–Crippen MR) is 107 cm³/mol. The van der Waals surface area contributed by atoms with Crippen LogP contribution in [0.5, 0.6) is 5.75 Å². The summed E-state index contributed by atoms with van der Waals surface area (Å²) >= 11 is 5.82. The second-order valence-electron chi connectivity index (χ2n) is 8.31. The van der Waals surface area contributed by atoms with Crippen molar-refractivity contribution in [2.75, 3.05) is 6.61 Å². The van der Waals surface area contributed by atoms with E-state index in [1.165, 1.54) is 70.3 Å². The van der Waals surface area contributed by atoms with Gasteiger partial charge in [-0.1, -0.05) is 30.5 Å². The lowest BCUT2D eigenvalue weighted by Crippen LogP contribution is -2.27. The van der Waals surface area contributed by atoms with Crippen molar-refractivity contribution in [2.24, 2.45) is 23.7 Å². The molecule has 0 aliphatic heterocycles. The van der Waals surface area contributed by atoms with Gasteiger partial charge in [0.15, 0.2) is 0 Å². The Bertz CT molecular complexity index is 572. The first-order valence-corrected chi connectivity index (χ1v) is 10.7. The second-order valence-corrected chi connectivity index (χ2v) is 8.72. The highest BCUT2D eigenvalue weighted by molar-refractivity contribution is 6.30. The van der Waals surface area contributed by atoms with Gasteiger partial charge in [0.05, 0.1) is 11.6 Å². The van der Waals surface area contributed by atoms with Crippen LogP contribution in [0.1, 0.15) is 64.2 Å². The van der Waals surface area contributed by atoms with Gasteiger partial charge in [0.1, 0.15) is 11.6 Å². The van der Waals surface area contributed by atoms with Crippen LogP contribution in [0.15, 0.2) is 30.9 Å². The van der Waals surface area contributed by atoms with Crippen molar-refractivity contribution in [2.45, 2.75) is 64.2 Å². The third-order valence-corrected chi connectivity index (χ3v) is 6.89. The first-order valence-electron chi connectivity index (χ1n) is 10.3. The van der Waals surface area contributed by atoms with E-state index in [1.807, 2.05) is 0 Å². The molecule has 0 amide bonds. The van der Waals surface area contributed by atoms with Crippen molar-refractivity contribution in [3.05, 3.63) is 41.7 Å². The van der Waals surface area contributed by atoms with E-state index in [0.29, 0.717) is 11.7 Å². The first-order chi connectivity index (χ1) is 12.7. The summed E-state index contributed by atoms with van der Waals surface area (Å²) in [5.41, 5.74) is 0. The number of benzene rings is 1. The molecule has 26 heavy (non-hydrogen) atoms. The van der Waals surface area contributed by atoms with Gasteiger partial charge >= 0.3 is 0 Å². The Labute approximate surface area is 163 Å². The third-order valence-electron chi connectivity index (χ3n) is 6.61. The molecule has 0 aromatic heterocycles. The maximum atomic E-state index is 13.2. The van der Waals surface area contributed by atoms with Crippen LogP contribution in [0.3, 0.4) is 0 Å². The molecule has 0 heterocycles. The summed E-state index contributed by atoms with van der Waals surface area (Å²) < 4.78 is 19.1. The van der Waals surface area contributed by atoms with E-state index in [2.05, 4.69) is 12.7 Å². The van der Waals surface area contributed by atoms with E-state index < -0.39 is 5.82 Å². The Balaban J connectivity index is 1.36. The summed E-state index contributed by atoms with van der Waals surface area (Å²) in [5, 5.41) is 0.134. The Hall–Kier alpha value is -1.02. The average Bonchev–Trinajstić information content (AvgIpc) is 2.68. The zero-order valence-corrected chi connectivity index (χ0v) is 16.5. The fraction of sp³-hybridized carbons (Fsp3) is 0.652. The van der Waals surface area contributed by atoms with Gasteiger partial charge in [0, 0.05) is 6.07 Å². The molecule has 1 nitrogen and oxygen atoms in total. The average molecular weight is 379 g/mol. The molecular formula is C23H32ClFO. The van der Waals surface area contributed by atoms with Crippen molar-refractivity contribution < 1.29 is 9.13 Å². The van der Waals surface area contributed by atoms with Crippen LogP contribution in [0.4, 0.5) is 4.39 Å². The zero-order valence-electron chi connectivity index (χ0n) is 15.8. The number of hydrogen-bond donors (Lipinski definition) is 0. The minimum atomic E-state index is -0.390. The molecule has 0 N–H and O–H groups in total. The van der Waals surface area contributed by atoms with Gasteiger partial charge in [-0.05, 0) is 87.2 Å². The summed E-state index contributed by atoms with van der Waals surface area (Å²) in [6.07, 6.45) is 15.5. The molecule has 3 heteroatoms. The fourth-order valence-electron chi connectivity index (χ4n) is 4.91. The normalized spacial score (nSPS) is 29.3. The smallest absolute Gasteiger partial charge is 0.142 e. The Morgan fingerprint density at radius 1 is 1.00 bits per heavy atom. The van der Waals surface area contributed by atoms with E-state index in [-0.39, 0.29) is 5.02 Å². The van der Waals surface area contributed by atoms with E-state index in [4.69, 9.17) is 16.3 Å². The summed E-state index contributed by atoms with van der Waals surface area (Å²) in [7, 11) is 0. The number of allylic oxidation sites excluding steroid dienone is 1. The summed E-state index contributed by atoms with van der Waals surface area (Å²) in [6.45, 7) is 4.57. The number of hydrogen-bond acceptors (Lipinski definition) is 1. The summed E-state index contributed by atoms with van der Waals surface area (Å²) in [5.74, 6) is 3.73. The molecule has 0 unspecified atom stereocenters. The maximum absolute atomic E-state index is 13.2. The van der Waals surface area contributed by atoms with Gasteiger partial charge in [-0.3, -0.25) is 0 Å². The summed E-state index contributed by atoms with van der Waals surface area (Å²) in [6, 6.07) is 4.62. The van der Waals surface area contributed by atoms with Crippen LogP contribution in [-0.4, -0.2) is 6.61 Å². The Morgan fingerprint density at radius 3 is 2.19 bits per heavy atom. The van der Waals surface area contributed by atoms with Crippen LogP contribution in [0.2, 0.25) is 5.02 Å². The number of halogens is 2. The zero-order chi connectivity index (χ0) is 18.4. The molecule has 2 fully saturated rings. The lowest BCUT2D eigenvalue weighted by Gasteiger charge is -2.37. The molecule has 144 valence electrons. The minimum absolute atomic E-state index is 0.134. The van der Waals surface area contributed by atoms with E-state index in [1.54, 1.807) is 12.1 Å². The molecule has 2 aliphatic carbocycles. The van der Waals surface area contributed by atoms with Crippen molar-refractivity contribution in [3.63, 3.8) is 0 Å². The quantitative estimate of drug-likeness (QED) is 0.448. The van der Waals surface area contributed by atoms with Crippen LogP contribution in [-0.2, 0) is 0 Å². The topological polar surface area (TPSA) is 9.23 Å². The largest absolute Gasteiger partial charge is 0.493 e. The van der Waals surface area contributed by atoms with E-state index >= 15 is 0 Å². The Kier molecular flexibility index (Phi) is 7.42. The van der Waals surface area contributed by atoms with E-state index in [0.717, 1.165) is 24.4 Å². The molecule has 0 spiro atoms. The highest BCUT2D eigenvalue weighted by Gasteiger charge is 2.30. The SMILES string of the molecule is C=CCC[C@H]1CC[C@H]([C@H]2CC[C@H](COc3ccc(F)c(Cl)c3)CC2)CC1. The minimum Gasteiger partial charge on any atom is -0.493 e. The lowest BCUT2D eigenvalue weighted by molar-refractivity contribution is 0.122. The molecule has 0 atom stereocenters. The van der Waals surface area contributed by atoms with Gasteiger partial charge in [0.2, 0.25) is 0 Å². The van der Waals surface area contributed by atoms with Crippen LogP contribution >= 0.6 is 11.6 Å². The van der Waals surface area contributed by atoms with Gasteiger partial charge in [-0.2, -0.15) is 0 Å². The fourth-order valence-corrected chi connectivity index (χ4v) is 5.08. The van der Waals surface area contributed by atoms with Crippen molar-refractivity contribution in [3.8, 4) is 5.75 Å². The van der Waals surface area contributed by atoms with Crippen molar-refractivity contribution in [1.29, 1.82) is 0 Å². The number of rotatable bonds is 7. The molecule has 3 rings (SSSR count). The molecule has 2 aliphatic rings. The second kappa shape index (κ2) is 9.78. The molecule has 1 aromatic carbocycles. The number of ether oxygens (including phenoxy) is 1. The molecule has 2 saturated carbocycles. The van der Waals surface area contributed by atoms with Crippen LogP contribution in [0, 0.1) is 29.5 Å². The van der Waals surface area contributed by atoms with Crippen molar-refractivity contribution >= 4 is 11.6 Å². The van der Waals surface area contributed by atoms with E-state index in [9.17, 15) is 4.39 Å². The van der Waals surface area contributed by atoms with Gasteiger partial charge in [-0.25, -0.2) is 4.39 Å². The third kappa shape index (κ3) is 5.49. The Morgan fingerprint density at radius 2 is 1.62 bits per heavy atom. The molecule has 0 bridgehead atoms. The monoisotopic (exact) mass is 378 g/mol. The maximum Gasteiger partial charge on any atom is 0.142 e. The molecule has 0 radical (unpaired) electrons. The molecule has 0 saturated heterocycles. The first kappa shape index (κ1) is 19.7. The standard InChI is InChI=1S/C23H32ClFO/c1-2-3-4-17-5-9-19(10-6-17)20-11-7-18(8-12-20)16-26-21-13-14-23(25)22(24)15-21/h2,13-15,17-20H,1,3-12,16H2/t17-,18-,19-,20-. The van der Waals surface area contributed by atoms with Crippen molar-refractivity contribution in [1.82, 2.24) is 0 Å². The van der Waals surface area contributed by atoms with Gasteiger partial charge in [0.25, 0.3) is 0 Å². The molecule has 1 aromatic rings. The van der Waals surface area contributed by atoms with Crippen LogP contribution in [0.25, 0.3) is 0 Å². The highest BCUT2D eigenvalue weighted by Crippen LogP contribution is 2.42. The predicted octanol–water partition coefficient (Wildman–Crippen LogP) is 7.44. The van der Waals surface area contributed by atoms with Crippen LogP contribution < -0.4 is 4.74 Å². The lowest BCUT2D eigenvalue weighted by atomic mass is 9.69. The van der Waals surface area contributed by atoms with Gasteiger partial charge in [-0.15, -0.1) is 6.58 Å².